The minimum Gasteiger partial charge on any atom is -0.454 e. The maximum absolute atomic E-state index is 13.5. The van der Waals surface area contributed by atoms with E-state index >= 15 is 0 Å². The first-order valence-corrected chi connectivity index (χ1v) is 7.71. The molecule has 0 fully saturated rings. The van der Waals surface area contributed by atoms with E-state index in [1.807, 2.05) is 0 Å². The average Bonchev–Trinajstić information content (AvgIpc) is 3.05. The smallest absolute Gasteiger partial charge is 0.313 e. The molecule has 0 bridgehead atoms. The number of rotatable bonds is 3. The summed E-state index contributed by atoms with van der Waals surface area (Å²) in [6.45, 7) is 3.52. The zero-order chi connectivity index (χ0) is 18.0. The number of ether oxygens (including phenoxy) is 2. The maximum atomic E-state index is 13.5. The highest BCUT2D eigenvalue weighted by atomic mass is 19.1. The van der Waals surface area contributed by atoms with E-state index in [1.165, 1.54) is 18.2 Å². The van der Waals surface area contributed by atoms with E-state index in [-0.39, 0.29) is 12.5 Å². The van der Waals surface area contributed by atoms with Gasteiger partial charge >= 0.3 is 11.8 Å². The molecule has 0 saturated carbocycles. The highest BCUT2D eigenvalue weighted by Crippen LogP contribution is 2.34. The number of aryl methyl sites for hydroxylation is 1. The Hall–Kier alpha value is -3.09. The Labute approximate surface area is 143 Å². The van der Waals surface area contributed by atoms with Gasteiger partial charge in [0.15, 0.2) is 11.5 Å². The van der Waals surface area contributed by atoms with Gasteiger partial charge in [0.25, 0.3) is 0 Å². The molecule has 0 saturated heterocycles. The molecule has 25 heavy (non-hydrogen) atoms. The van der Waals surface area contributed by atoms with E-state index in [0.717, 1.165) is 5.56 Å². The van der Waals surface area contributed by atoms with Gasteiger partial charge in [0, 0.05) is 5.69 Å². The molecule has 1 atom stereocenters. The number of nitrogens with one attached hydrogen (secondary N) is 2. The van der Waals surface area contributed by atoms with Gasteiger partial charge in [0.1, 0.15) is 5.82 Å². The molecule has 0 spiro atoms. The summed E-state index contributed by atoms with van der Waals surface area (Å²) < 4.78 is 24.0. The molecule has 1 aliphatic rings. The molecule has 1 aliphatic heterocycles. The van der Waals surface area contributed by atoms with E-state index in [0.29, 0.717) is 17.1 Å². The largest absolute Gasteiger partial charge is 0.454 e. The number of halogens is 1. The second-order valence-corrected chi connectivity index (χ2v) is 5.73. The molecule has 0 aromatic heterocycles. The average molecular weight is 344 g/mol. The summed E-state index contributed by atoms with van der Waals surface area (Å²) in [6.07, 6.45) is 0. The standard InChI is InChI=1S/C18H17FN2O4/c1-10-3-5-13(8-14(10)19)21-18(23)17(22)20-11(2)12-4-6-15-16(7-12)25-9-24-15/h3-8,11H,9H2,1-2H3,(H,20,22)(H,21,23). The van der Waals surface area contributed by atoms with Crippen molar-refractivity contribution in [2.24, 2.45) is 0 Å². The Bertz CT molecular complexity index is 838. The van der Waals surface area contributed by atoms with E-state index in [9.17, 15) is 14.0 Å². The van der Waals surface area contributed by atoms with Crippen LogP contribution in [0.3, 0.4) is 0 Å². The summed E-state index contributed by atoms with van der Waals surface area (Å²) in [4.78, 5) is 24.0. The highest BCUT2D eigenvalue weighted by Gasteiger charge is 2.20. The normalized spacial score (nSPS) is 13.2. The molecule has 2 aromatic rings. The lowest BCUT2D eigenvalue weighted by Crippen LogP contribution is -2.36. The van der Waals surface area contributed by atoms with Gasteiger partial charge in [0.05, 0.1) is 6.04 Å². The molecule has 1 heterocycles. The van der Waals surface area contributed by atoms with Gasteiger partial charge in [-0.3, -0.25) is 9.59 Å². The van der Waals surface area contributed by atoms with Crippen LogP contribution in [-0.2, 0) is 9.59 Å². The van der Waals surface area contributed by atoms with Gasteiger partial charge in [0.2, 0.25) is 6.79 Å². The first-order chi connectivity index (χ1) is 11.9. The van der Waals surface area contributed by atoms with Gasteiger partial charge in [-0.25, -0.2) is 4.39 Å². The van der Waals surface area contributed by atoms with Gasteiger partial charge in [-0.05, 0) is 49.2 Å². The van der Waals surface area contributed by atoms with Crippen LogP contribution in [0.4, 0.5) is 10.1 Å². The van der Waals surface area contributed by atoms with Crippen molar-refractivity contribution < 1.29 is 23.5 Å². The van der Waals surface area contributed by atoms with Crippen molar-refractivity contribution in [1.82, 2.24) is 5.32 Å². The summed E-state index contributed by atoms with van der Waals surface area (Å²) in [6, 6.07) is 9.09. The van der Waals surface area contributed by atoms with Gasteiger partial charge in [-0.15, -0.1) is 0 Å². The number of carbonyl (C=O) groups excluding carboxylic acids is 2. The first kappa shape index (κ1) is 16.8. The Morgan fingerprint density at radius 1 is 1.08 bits per heavy atom. The monoisotopic (exact) mass is 344 g/mol. The summed E-state index contributed by atoms with van der Waals surface area (Å²) in [5.74, 6) is -0.895. The zero-order valence-corrected chi connectivity index (χ0v) is 13.8. The van der Waals surface area contributed by atoms with Crippen LogP contribution in [0.1, 0.15) is 24.1 Å². The topological polar surface area (TPSA) is 76.7 Å². The van der Waals surface area contributed by atoms with Gasteiger partial charge in [-0.2, -0.15) is 0 Å². The number of carbonyl (C=O) groups is 2. The molecule has 0 radical (unpaired) electrons. The third-order valence-corrected chi connectivity index (χ3v) is 3.88. The quantitative estimate of drug-likeness (QED) is 0.840. The SMILES string of the molecule is Cc1ccc(NC(=O)C(=O)NC(C)c2ccc3c(c2)OCO3)cc1F. The minimum absolute atomic E-state index is 0.162. The van der Waals surface area contributed by atoms with Gasteiger partial charge in [-0.1, -0.05) is 12.1 Å². The van der Waals surface area contributed by atoms with Crippen molar-refractivity contribution >= 4 is 17.5 Å². The van der Waals surface area contributed by atoms with E-state index in [1.54, 1.807) is 32.0 Å². The van der Waals surface area contributed by atoms with E-state index in [4.69, 9.17) is 9.47 Å². The van der Waals surface area contributed by atoms with Crippen LogP contribution < -0.4 is 20.1 Å². The van der Waals surface area contributed by atoms with Crippen LogP contribution in [0.5, 0.6) is 11.5 Å². The molecule has 6 nitrogen and oxygen atoms in total. The Morgan fingerprint density at radius 3 is 2.60 bits per heavy atom. The molecule has 130 valence electrons. The molecule has 0 aliphatic carbocycles. The Kier molecular flexibility index (Phi) is 4.56. The minimum atomic E-state index is -0.865. The van der Waals surface area contributed by atoms with Crippen molar-refractivity contribution in [2.45, 2.75) is 19.9 Å². The van der Waals surface area contributed by atoms with Gasteiger partial charge < -0.3 is 20.1 Å². The van der Waals surface area contributed by atoms with Crippen molar-refractivity contribution in [1.29, 1.82) is 0 Å². The van der Waals surface area contributed by atoms with Crippen molar-refractivity contribution in [3.05, 3.63) is 53.3 Å². The number of benzene rings is 2. The fourth-order valence-electron chi connectivity index (χ4n) is 2.39. The maximum Gasteiger partial charge on any atom is 0.313 e. The predicted molar refractivity (Wildman–Crippen MR) is 88.9 cm³/mol. The number of anilines is 1. The van der Waals surface area contributed by atoms with Crippen LogP contribution >= 0.6 is 0 Å². The molecule has 1 unspecified atom stereocenters. The highest BCUT2D eigenvalue weighted by molar-refractivity contribution is 6.39. The summed E-state index contributed by atoms with van der Waals surface area (Å²) in [5.41, 5.74) is 1.45. The van der Waals surface area contributed by atoms with Crippen LogP contribution in [0.2, 0.25) is 0 Å². The third-order valence-electron chi connectivity index (χ3n) is 3.88. The van der Waals surface area contributed by atoms with Crippen molar-refractivity contribution in [3.8, 4) is 11.5 Å². The van der Waals surface area contributed by atoms with Crippen LogP contribution in [-0.4, -0.2) is 18.6 Å². The lowest BCUT2D eigenvalue weighted by molar-refractivity contribution is -0.136. The summed E-state index contributed by atoms with van der Waals surface area (Å²) in [7, 11) is 0. The lowest BCUT2D eigenvalue weighted by Gasteiger charge is -2.14. The van der Waals surface area contributed by atoms with Crippen LogP contribution in [0.25, 0.3) is 0 Å². The second-order valence-electron chi connectivity index (χ2n) is 5.73. The molecule has 3 rings (SSSR count). The van der Waals surface area contributed by atoms with Crippen LogP contribution in [0.15, 0.2) is 36.4 Å². The number of fused-ring (bicyclic) bond motifs is 1. The number of amides is 2. The van der Waals surface area contributed by atoms with E-state index in [2.05, 4.69) is 10.6 Å². The molecule has 2 aromatic carbocycles. The molecule has 2 N–H and O–H groups in total. The Morgan fingerprint density at radius 2 is 1.84 bits per heavy atom. The Balaban J connectivity index is 1.62. The molecular formula is C18H17FN2O4. The van der Waals surface area contributed by atoms with Crippen molar-refractivity contribution in [2.75, 3.05) is 12.1 Å². The number of hydrogen-bond acceptors (Lipinski definition) is 4. The lowest BCUT2D eigenvalue weighted by atomic mass is 10.1. The van der Waals surface area contributed by atoms with Crippen LogP contribution in [0, 0.1) is 12.7 Å². The third kappa shape index (κ3) is 3.71. The number of hydrogen-bond donors (Lipinski definition) is 2. The second kappa shape index (κ2) is 6.80. The fraction of sp³-hybridized carbons (Fsp3) is 0.222. The van der Waals surface area contributed by atoms with E-state index < -0.39 is 23.7 Å². The summed E-state index contributed by atoms with van der Waals surface area (Å²) in [5, 5.41) is 4.96. The predicted octanol–water partition coefficient (Wildman–Crippen LogP) is 2.68. The van der Waals surface area contributed by atoms with Crippen molar-refractivity contribution in [3.63, 3.8) is 0 Å². The first-order valence-electron chi connectivity index (χ1n) is 7.71. The summed E-state index contributed by atoms with van der Waals surface area (Å²) >= 11 is 0. The molecule has 7 heteroatoms. The molecular weight excluding hydrogens is 327 g/mol. The molecule has 2 amide bonds. The zero-order valence-electron chi connectivity index (χ0n) is 13.8. The fourth-order valence-corrected chi connectivity index (χ4v) is 2.39.